The summed E-state index contributed by atoms with van der Waals surface area (Å²) < 4.78 is 1.33. The Morgan fingerprint density at radius 2 is 2.16 bits per heavy atom. The molecule has 0 saturated carbocycles. The van der Waals surface area contributed by atoms with Gasteiger partial charge in [-0.3, -0.25) is 14.7 Å². The Morgan fingerprint density at radius 3 is 2.74 bits per heavy atom. The summed E-state index contributed by atoms with van der Waals surface area (Å²) in [6, 6.07) is 3.84. The summed E-state index contributed by atoms with van der Waals surface area (Å²) in [7, 11) is 1.57. The second-order valence-electron chi connectivity index (χ2n) is 3.79. The van der Waals surface area contributed by atoms with Gasteiger partial charge in [-0.05, 0) is 6.07 Å². The van der Waals surface area contributed by atoms with E-state index in [-0.39, 0.29) is 22.6 Å². The van der Waals surface area contributed by atoms with Gasteiger partial charge in [0.25, 0.3) is 11.5 Å². The lowest BCUT2D eigenvalue weighted by atomic mass is 10.2. The van der Waals surface area contributed by atoms with E-state index in [0.29, 0.717) is 0 Å². The number of carbonyl (C=O) groups excluding carboxylic acids is 1. The number of aryl methyl sites for hydroxylation is 1. The van der Waals surface area contributed by atoms with Crippen molar-refractivity contribution in [2.24, 2.45) is 7.05 Å². The van der Waals surface area contributed by atoms with Gasteiger partial charge in [0.15, 0.2) is 5.82 Å². The molecule has 0 spiro atoms. The van der Waals surface area contributed by atoms with Crippen molar-refractivity contribution in [1.82, 2.24) is 14.8 Å². The molecule has 0 aliphatic heterocycles. The van der Waals surface area contributed by atoms with Crippen molar-refractivity contribution in [3.05, 3.63) is 46.0 Å². The summed E-state index contributed by atoms with van der Waals surface area (Å²) in [4.78, 5) is 33.8. The summed E-state index contributed by atoms with van der Waals surface area (Å²) in [6.45, 7) is 0. The number of aromatic carboxylic acids is 1. The zero-order valence-electron chi connectivity index (χ0n) is 9.88. The first-order chi connectivity index (χ1) is 8.97. The number of hydrogen-bond acceptors (Lipinski definition) is 4. The number of carboxylic acid groups (broad SMARTS) is 1. The maximum absolute atomic E-state index is 11.8. The highest BCUT2D eigenvalue weighted by Crippen LogP contribution is 2.07. The first-order valence-corrected chi connectivity index (χ1v) is 5.24. The molecular formula is C11H10N4O4. The van der Waals surface area contributed by atoms with Crippen LogP contribution < -0.4 is 10.9 Å². The number of aromatic amines is 1. The van der Waals surface area contributed by atoms with Gasteiger partial charge in [-0.1, -0.05) is 0 Å². The molecule has 0 radical (unpaired) electrons. The molecular weight excluding hydrogens is 252 g/mol. The van der Waals surface area contributed by atoms with Crippen molar-refractivity contribution in [1.29, 1.82) is 0 Å². The van der Waals surface area contributed by atoms with E-state index < -0.39 is 11.9 Å². The minimum absolute atomic E-state index is 0.0723. The number of carboxylic acids is 1. The van der Waals surface area contributed by atoms with E-state index in [1.165, 1.54) is 29.0 Å². The van der Waals surface area contributed by atoms with Crippen molar-refractivity contribution >= 4 is 17.7 Å². The summed E-state index contributed by atoms with van der Waals surface area (Å²) in [5, 5.41) is 16.9. The number of nitrogens with zero attached hydrogens (tertiary/aromatic N) is 2. The Kier molecular flexibility index (Phi) is 3.15. The van der Waals surface area contributed by atoms with E-state index in [2.05, 4.69) is 15.5 Å². The van der Waals surface area contributed by atoms with Crippen molar-refractivity contribution in [2.75, 3.05) is 5.32 Å². The number of carbonyl (C=O) groups is 2. The molecule has 19 heavy (non-hydrogen) atoms. The highest BCUT2D eigenvalue weighted by molar-refractivity contribution is 6.04. The highest BCUT2D eigenvalue weighted by Gasteiger charge is 2.12. The van der Waals surface area contributed by atoms with E-state index >= 15 is 0 Å². The van der Waals surface area contributed by atoms with Crippen LogP contribution in [0.5, 0.6) is 0 Å². The summed E-state index contributed by atoms with van der Waals surface area (Å²) in [6.07, 6.45) is 1.46. The molecule has 0 aromatic carbocycles. The number of pyridine rings is 1. The lowest BCUT2D eigenvalue weighted by Crippen LogP contribution is -2.20. The predicted molar refractivity (Wildman–Crippen MR) is 65.2 cm³/mol. The first kappa shape index (κ1) is 12.6. The van der Waals surface area contributed by atoms with E-state index in [0.717, 1.165) is 0 Å². The van der Waals surface area contributed by atoms with Crippen LogP contribution in [0.25, 0.3) is 0 Å². The minimum atomic E-state index is -1.18. The van der Waals surface area contributed by atoms with Gasteiger partial charge in [0.05, 0.1) is 0 Å². The summed E-state index contributed by atoms with van der Waals surface area (Å²) >= 11 is 0. The Bertz CT molecular complexity index is 701. The Labute approximate surface area is 106 Å². The number of nitrogens with one attached hydrogen (secondary N) is 2. The maximum Gasteiger partial charge on any atom is 0.353 e. The van der Waals surface area contributed by atoms with Crippen LogP contribution in [0.15, 0.2) is 29.2 Å². The largest absolute Gasteiger partial charge is 0.477 e. The second kappa shape index (κ2) is 4.77. The number of H-pyrrole nitrogens is 1. The molecule has 2 aromatic heterocycles. The average Bonchev–Trinajstić information content (AvgIpc) is 2.81. The second-order valence-corrected chi connectivity index (χ2v) is 3.79. The number of aromatic nitrogens is 3. The van der Waals surface area contributed by atoms with Gasteiger partial charge in [-0.25, -0.2) is 4.79 Å². The summed E-state index contributed by atoms with van der Waals surface area (Å²) in [5.41, 5.74) is -0.289. The zero-order valence-corrected chi connectivity index (χ0v) is 9.88. The van der Waals surface area contributed by atoms with Crippen molar-refractivity contribution < 1.29 is 14.7 Å². The standard InChI is InChI=1S/C11H10N4O4/c1-15-3-2-6(4-9(15)16)10(17)12-8-5-7(11(18)19)13-14-8/h2-5H,1H3,(H,18,19)(H2,12,13,14,17). The Balaban J connectivity index is 2.18. The fraction of sp³-hybridized carbons (Fsp3) is 0.0909. The van der Waals surface area contributed by atoms with Crippen LogP contribution in [0.1, 0.15) is 20.8 Å². The highest BCUT2D eigenvalue weighted by atomic mass is 16.4. The van der Waals surface area contributed by atoms with Crippen LogP contribution >= 0.6 is 0 Å². The average molecular weight is 262 g/mol. The Morgan fingerprint density at radius 1 is 1.42 bits per heavy atom. The predicted octanol–water partition coefficient (Wildman–Crippen LogP) is 0.0589. The molecule has 1 amide bonds. The van der Waals surface area contributed by atoms with Gasteiger partial charge in [0.2, 0.25) is 0 Å². The molecule has 2 heterocycles. The molecule has 8 nitrogen and oxygen atoms in total. The normalized spacial score (nSPS) is 10.2. The maximum atomic E-state index is 11.8. The first-order valence-electron chi connectivity index (χ1n) is 5.24. The van der Waals surface area contributed by atoms with Gasteiger partial charge in [0.1, 0.15) is 5.69 Å². The number of rotatable bonds is 3. The van der Waals surface area contributed by atoms with Crippen LogP contribution in [0.3, 0.4) is 0 Å². The number of hydrogen-bond donors (Lipinski definition) is 3. The molecule has 3 N–H and O–H groups in total. The van der Waals surface area contributed by atoms with E-state index in [1.807, 2.05) is 0 Å². The molecule has 2 rings (SSSR count). The molecule has 0 fully saturated rings. The molecule has 0 saturated heterocycles. The van der Waals surface area contributed by atoms with Gasteiger partial charge in [-0.2, -0.15) is 5.10 Å². The van der Waals surface area contributed by atoms with Crippen molar-refractivity contribution in [3.63, 3.8) is 0 Å². The number of anilines is 1. The molecule has 8 heteroatoms. The monoisotopic (exact) mass is 262 g/mol. The van der Waals surface area contributed by atoms with Crippen LogP contribution in [0.4, 0.5) is 5.82 Å². The van der Waals surface area contributed by atoms with Gasteiger partial charge < -0.3 is 15.0 Å². The molecule has 0 bridgehead atoms. The van der Waals surface area contributed by atoms with E-state index in [4.69, 9.17) is 5.11 Å². The molecule has 0 aliphatic rings. The van der Waals surface area contributed by atoms with Crippen LogP contribution in [0, 0.1) is 0 Å². The third-order valence-electron chi connectivity index (χ3n) is 2.42. The van der Waals surface area contributed by atoms with E-state index in [1.54, 1.807) is 7.05 Å². The van der Waals surface area contributed by atoms with Crippen LogP contribution in [-0.2, 0) is 7.05 Å². The van der Waals surface area contributed by atoms with Crippen LogP contribution in [0.2, 0.25) is 0 Å². The molecule has 2 aromatic rings. The molecule has 0 unspecified atom stereocenters. The fourth-order valence-corrected chi connectivity index (χ4v) is 1.37. The number of amides is 1. The molecule has 0 atom stereocenters. The smallest absolute Gasteiger partial charge is 0.353 e. The quantitative estimate of drug-likeness (QED) is 0.723. The lowest BCUT2D eigenvalue weighted by molar-refractivity contribution is 0.0690. The third-order valence-corrected chi connectivity index (χ3v) is 2.42. The fourth-order valence-electron chi connectivity index (χ4n) is 1.37. The van der Waals surface area contributed by atoms with Crippen molar-refractivity contribution in [3.8, 4) is 0 Å². The zero-order chi connectivity index (χ0) is 14.0. The summed E-state index contributed by atoms with van der Waals surface area (Å²) in [5.74, 6) is -1.65. The van der Waals surface area contributed by atoms with Gasteiger partial charge >= 0.3 is 5.97 Å². The van der Waals surface area contributed by atoms with Crippen LogP contribution in [-0.4, -0.2) is 31.7 Å². The molecule has 98 valence electrons. The van der Waals surface area contributed by atoms with Gasteiger partial charge in [-0.15, -0.1) is 0 Å². The van der Waals surface area contributed by atoms with Crippen molar-refractivity contribution in [2.45, 2.75) is 0 Å². The SMILES string of the molecule is Cn1ccc(C(=O)Nc2cc(C(=O)O)[nH]n2)cc1=O. The minimum Gasteiger partial charge on any atom is -0.477 e. The van der Waals surface area contributed by atoms with Gasteiger partial charge in [0, 0.05) is 30.9 Å². The molecule has 0 aliphatic carbocycles. The lowest BCUT2D eigenvalue weighted by Gasteiger charge is -2.02. The third kappa shape index (κ3) is 2.68. The van der Waals surface area contributed by atoms with E-state index in [9.17, 15) is 14.4 Å². The Hall–Kier alpha value is -2.90. The topological polar surface area (TPSA) is 117 Å².